The van der Waals surface area contributed by atoms with Crippen molar-refractivity contribution in [3.8, 4) is 0 Å². The first-order valence-electron chi connectivity index (χ1n) is 6.02. The third-order valence-electron chi connectivity index (χ3n) is 2.99. The standard InChI is InChI=1S/C15H15F2NO/c1-9-5-10(2)15(18-8-9)14(19)7-11-6-12(16)3-4-13(11)17/h3-6,8,14,19H,7H2,1-2H3. The molecule has 2 aromatic rings. The fourth-order valence-electron chi connectivity index (χ4n) is 2.08. The number of hydrogen-bond donors (Lipinski definition) is 1. The Kier molecular flexibility index (Phi) is 3.90. The highest BCUT2D eigenvalue weighted by molar-refractivity contribution is 5.27. The summed E-state index contributed by atoms with van der Waals surface area (Å²) in [6.45, 7) is 3.74. The molecule has 1 aromatic carbocycles. The zero-order valence-corrected chi connectivity index (χ0v) is 10.8. The van der Waals surface area contributed by atoms with Crippen molar-refractivity contribution < 1.29 is 13.9 Å². The van der Waals surface area contributed by atoms with Gasteiger partial charge in [0.15, 0.2) is 0 Å². The summed E-state index contributed by atoms with van der Waals surface area (Å²) in [6.07, 6.45) is 0.699. The zero-order valence-electron chi connectivity index (χ0n) is 10.8. The number of aliphatic hydroxyl groups excluding tert-OH is 1. The minimum atomic E-state index is -0.947. The van der Waals surface area contributed by atoms with E-state index >= 15 is 0 Å². The Labute approximate surface area is 110 Å². The van der Waals surface area contributed by atoms with E-state index < -0.39 is 17.7 Å². The van der Waals surface area contributed by atoms with E-state index in [-0.39, 0.29) is 12.0 Å². The molecule has 0 saturated heterocycles. The summed E-state index contributed by atoms with van der Waals surface area (Å²) in [5.74, 6) is -1.04. The molecule has 2 nitrogen and oxygen atoms in total. The topological polar surface area (TPSA) is 33.1 Å². The Morgan fingerprint density at radius 1 is 1.21 bits per heavy atom. The maximum atomic E-state index is 13.5. The van der Waals surface area contributed by atoms with Crippen LogP contribution in [0.2, 0.25) is 0 Å². The van der Waals surface area contributed by atoms with E-state index in [9.17, 15) is 13.9 Å². The van der Waals surface area contributed by atoms with Crippen molar-refractivity contribution in [1.82, 2.24) is 4.98 Å². The van der Waals surface area contributed by atoms with Crippen LogP contribution < -0.4 is 0 Å². The van der Waals surface area contributed by atoms with Crippen molar-refractivity contribution in [2.45, 2.75) is 26.4 Å². The molecule has 0 amide bonds. The van der Waals surface area contributed by atoms with Crippen molar-refractivity contribution in [2.75, 3.05) is 0 Å². The molecule has 19 heavy (non-hydrogen) atoms. The molecule has 100 valence electrons. The van der Waals surface area contributed by atoms with Crippen LogP contribution in [-0.2, 0) is 6.42 Å². The largest absolute Gasteiger partial charge is 0.386 e. The summed E-state index contributed by atoms with van der Waals surface area (Å²) in [5.41, 5.74) is 2.47. The van der Waals surface area contributed by atoms with Crippen molar-refractivity contribution in [1.29, 1.82) is 0 Å². The first-order chi connectivity index (χ1) is 8.97. The molecular weight excluding hydrogens is 248 g/mol. The van der Waals surface area contributed by atoms with Crippen LogP contribution in [0, 0.1) is 25.5 Å². The number of halogens is 2. The summed E-state index contributed by atoms with van der Waals surface area (Å²) < 4.78 is 26.6. The number of hydrogen-bond acceptors (Lipinski definition) is 2. The van der Waals surface area contributed by atoms with Crippen LogP contribution in [0.5, 0.6) is 0 Å². The van der Waals surface area contributed by atoms with Gasteiger partial charge in [0.2, 0.25) is 0 Å². The Bertz CT molecular complexity index is 599. The molecule has 2 rings (SSSR count). The molecule has 0 aliphatic carbocycles. The molecule has 1 atom stereocenters. The van der Waals surface area contributed by atoms with Gasteiger partial charge in [-0.25, -0.2) is 8.78 Å². The van der Waals surface area contributed by atoms with Gasteiger partial charge in [-0.3, -0.25) is 4.98 Å². The van der Waals surface area contributed by atoms with Crippen molar-refractivity contribution in [3.63, 3.8) is 0 Å². The molecule has 4 heteroatoms. The van der Waals surface area contributed by atoms with Gasteiger partial charge >= 0.3 is 0 Å². The fraction of sp³-hybridized carbons (Fsp3) is 0.267. The summed E-state index contributed by atoms with van der Waals surface area (Å²) in [6, 6.07) is 5.11. The fourth-order valence-corrected chi connectivity index (χ4v) is 2.08. The molecule has 1 aromatic heterocycles. The van der Waals surface area contributed by atoms with Crippen LogP contribution in [0.3, 0.4) is 0 Å². The molecular formula is C15H15F2NO. The van der Waals surface area contributed by atoms with Crippen molar-refractivity contribution in [3.05, 3.63) is 64.5 Å². The van der Waals surface area contributed by atoms with Gasteiger partial charge in [-0.1, -0.05) is 6.07 Å². The average molecular weight is 263 g/mol. The first kappa shape index (κ1) is 13.6. The SMILES string of the molecule is Cc1cnc(C(O)Cc2cc(F)ccc2F)c(C)c1. The lowest BCUT2D eigenvalue weighted by atomic mass is 10.0. The number of nitrogens with zero attached hydrogens (tertiary/aromatic N) is 1. The molecule has 0 spiro atoms. The first-order valence-corrected chi connectivity index (χ1v) is 6.02. The van der Waals surface area contributed by atoms with E-state index in [1.165, 1.54) is 0 Å². The summed E-state index contributed by atoms with van der Waals surface area (Å²) in [4.78, 5) is 4.16. The molecule has 0 fully saturated rings. The second-order valence-corrected chi connectivity index (χ2v) is 4.67. The predicted molar refractivity (Wildman–Crippen MR) is 68.7 cm³/mol. The maximum Gasteiger partial charge on any atom is 0.126 e. The van der Waals surface area contributed by atoms with Gasteiger partial charge in [0.1, 0.15) is 17.7 Å². The van der Waals surface area contributed by atoms with Crippen molar-refractivity contribution >= 4 is 0 Å². The van der Waals surface area contributed by atoms with Gasteiger partial charge in [0.05, 0.1) is 5.69 Å². The third-order valence-corrected chi connectivity index (χ3v) is 2.99. The smallest absolute Gasteiger partial charge is 0.126 e. The molecule has 1 heterocycles. The number of aromatic nitrogens is 1. The summed E-state index contributed by atoms with van der Waals surface area (Å²) in [5, 5.41) is 10.1. The number of pyridine rings is 1. The Hall–Kier alpha value is -1.81. The van der Waals surface area contributed by atoms with Gasteiger partial charge in [0, 0.05) is 12.6 Å². The second kappa shape index (κ2) is 5.45. The number of benzene rings is 1. The van der Waals surface area contributed by atoms with Crippen LogP contribution >= 0.6 is 0 Å². The average Bonchev–Trinajstić information content (AvgIpc) is 2.33. The van der Waals surface area contributed by atoms with E-state index in [4.69, 9.17) is 0 Å². The van der Waals surface area contributed by atoms with Gasteiger partial charge in [0.25, 0.3) is 0 Å². The third kappa shape index (κ3) is 3.15. The van der Waals surface area contributed by atoms with E-state index in [2.05, 4.69) is 4.98 Å². The molecule has 1 unspecified atom stereocenters. The highest BCUT2D eigenvalue weighted by atomic mass is 19.1. The number of aliphatic hydroxyl groups is 1. The summed E-state index contributed by atoms with van der Waals surface area (Å²) >= 11 is 0. The normalized spacial score (nSPS) is 12.5. The monoisotopic (exact) mass is 263 g/mol. The highest BCUT2D eigenvalue weighted by Crippen LogP contribution is 2.22. The molecule has 0 radical (unpaired) electrons. The van der Waals surface area contributed by atoms with Gasteiger partial charge in [-0.05, 0) is 48.7 Å². The Balaban J connectivity index is 2.25. The van der Waals surface area contributed by atoms with E-state index in [0.29, 0.717) is 5.69 Å². The van der Waals surface area contributed by atoms with Gasteiger partial charge in [-0.15, -0.1) is 0 Å². The van der Waals surface area contributed by atoms with Crippen LogP contribution in [0.25, 0.3) is 0 Å². The molecule has 1 N–H and O–H groups in total. The lowest BCUT2D eigenvalue weighted by Crippen LogP contribution is -2.08. The number of aryl methyl sites for hydroxylation is 2. The van der Waals surface area contributed by atoms with Crippen LogP contribution in [0.4, 0.5) is 8.78 Å². The lowest BCUT2D eigenvalue weighted by molar-refractivity contribution is 0.171. The van der Waals surface area contributed by atoms with Crippen molar-refractivity contribution in [2.24, 2.45) is 0 Å². The van der Waals surface area contributed by atoms with E-state index in [0.717, 1.165) is 29.3 Å². The highest BCUT2D eigenvalue weighted by Gasteiger charge is 2.15. The molecule has 0 aliphatic heterocycles. The quantitative estimate of drug-likeness (QED) is 0.922. The molecule has 0 saturated carbocycles. The zero-order chi connectivity index (χ0) is 14.0. The lowest BCUT2D eigenvalue weighted by Gasteiger charge is -2.13. The van der Waals surface area contributed by atoms with Crippen LogP contribution in [-0.4, -0.2) is 10.1 Å². The second-order valence-electron chi connectivity index (χ2n) is 4.67. The minimum Gasteiger partial charge on any atom is -0.386 e. The van der Waals surface area contributed by atoms with Gasteiger partial charge < -0.3 is 5.11 Å². The van der Waals surface area contributed by atoms with Gasteiger partial charge in [-0.2, -0.15) is 0 Å². The van der Waals surface area contributed by atoms with E-state index in [1.807, 2.05) is 19.9 Å². The van der Waals surface area contributed by atoms with Crippen LogP contribution in [0.1, 0.15) is 28.5 Å². The Morgan fingerprint density at radius 3 is 2.63 bits per heavy atom. The Morgan fingerprint density at radius 2 is 1.95 bits per heavy atom. The summed E-state index contributed by atoms with van der Waals surface area (Å²) in [7, 11) is 0. The predicted octanol–water partition coefficient (Wildman–Crippen LogP) is 3.25. The van der Waals surface area contributed by atoms with Crippen LogP contribution in [0.15, 0.2) is 30.5 Å². The molecule has 0 bridgehead atoms. The maximum absolute atomic E-state index is 13.5. The molecule has 0 aliphatic rings. The minimum absolute atomic E-state index is 0.000490. The number of rotatable bonds is 3. The van der Waals surface area contributed by atoms with E-state index in [1.54, 1.807) is 6.20 Å².